The van der Waals surface area contributed by atoms with Crippen LogP contribution >= 0.6 is 0 Å². The Morgan fingerprint density at radius 1 is 1.35 bits per heavy atom. The maximum absolute atomic E-state index is 13.0. The molecule has 1 aromatic rings. The van der Waals surface area contributed by atoms with Crippen molar-refractivity contribution in [3.63, 3.8) is 0 Å². The minimum atomic E-state index is -2.65. The maximum Gasteiger partial charge on any atom is 0.304 e. The predicted molar refractivity (Wildman–Crippen MR) is 67.7 cm³/mol. The summed E-state index contributed by atoms with van der Waals surface area (Å²) in [5.41, 5.74) is -0.586. The number of carboxylic acids is 1. The van der Waals surface area contributed by atoms with Crippen LogP contribution in [-0.2, 0) is 10.2 Å². The molecule has 0 aromatic heterocycles. The average molecular weight is 286 g/mol. The maximum atomic E-state index is 13.0. The molecule has 0 unspecified atom stereocenters. The molecule has 0 spiro atoms. The first-order valence-corrected chi connectivity index (χ1v) is 6.25. The third-order valence-electron chi connectivity index (χ3n) is 3.24. The van der Waals surface area contributed by atoms with Crippen molar-refractivity contribution in [1.82, 2.24) is 0 Å². The van der Waals surface area contributed by atoms with E-state index in [1.165, 1.54) is 12.1 Å². The number of ether oxygens (including phenoxy) is 2. The quantitative estimate of drug-likeness (QED) is 0.923. The second kappa shape index (κ2) is 5.26. The van der Waals surface area contributed by atoms with Gasteiger partial charge in [-0.15, -0.1) is 0 Å². The zero-order valence-electron chi connectivity index (χ0n) is 11.3. The van der Waals surface area contributed by atoms with Crippen LogP contribution in [0.3, 0.4) is 0 Å². The third-order valence-corrected chi connectivity index (χ3v) is 3.24. The molecular weight excluding hydrogens is 270 g/mol. The molecule has 0 fully saturated rings. The summed E-state index contributed by atoms with van der Waals surface area (Å²) in [5.74, 6) is -0.377. The van der Waals surface area contributed by atoms with Crippen molar-refractivity contribution in [2.45, 2.75) is 32.1 Å². The molecule has 2 rings (SSSR count). The number of hydrogen-bond donors (Lipinski definition) is 1. The molecule has 0 radical (unpaired) electrons. The van der Waals surface area contributed by atoms with Gasteiger partial charge in [0.1, 0.15) is 13.2 Å². The lowest BCUT2D eigenvalue weighted by atomic mass is 9.80. The predicted octanol–water partition coefficient (Wildman–Crippen LogP) is 3.15. The monoisotopic (exact) mass is 286 g/mol. The van der Waals surface area contributed by atoms with Crippen molar-refractivity contribution in [1.29, 1.82) is 0 Å². The Kier molecular flexibility index (Phi) is 3.83. The first-order valence-electron chi connectivity index (χ1n) is 6.25. The van der Waals surface area contributed by atoms with Gasteiger partial charge in [0.25, 0.3) is 6.43 Å². The lowest BCUT2D eigenvalue weighted by Crippen LogP contribution is -2.25. The number of carboxylic acid groups (broad SMARTS) is 1. The molecular formula is C14H16F2O4. The average Bonchev–Trinajstić information content (AvgIpc) is 2.35. The zero-order valence-corrected chi connectivity index (χ0v) is 11.3. The number of halogens is 2. The Morgan fingerprint density at radius 2 is 2.00 bits per heavy atom. The van der Waals surface area contributed by atoms with Crippen LogP contribution in [0.2, 0.25) is 0 Å². The lowest BCUT2D eigenvalue weighted by Gasteiger charge is -2.30. The Bertz CT molecular complexity index is 526. The van der Waals surface area contributed by atoms with Crippen LogP contribution in [0.4, 0.5) is 8.78 Å². The van der Waals surface area contributed by atoms with Gasteiger partial charge in [0.05, 0.1) is 6.42 Å². The summed E-state index contributed by atoms with van der Waals surface area (Å²) < 4.78 is 36.8. The van der Waals surface area contributed by atoms with Crippen molar-refractivity contribution >= 4 is 5.97 Å². The Morgan fingerprint density at radius 3 is 2.60 bits per heavy atom. The van der Waals surface area contributed by atoms with Crippen LogP contribution in [0.5, 0.6) is 11.5 Å². The Hall–Kier alpha value is -1.85. The molecule has 0 amide bonds. The van der Waals surface area contributed by atoms with Gasteiger partial charge >= 0.3 is 5.97 Å². The number of rotatable bonds is 4. The van der Waals surface area contributed by atoms with Gasteiger partial charge in [0, 0.05) is 16.5 Å². The van der Waals surface area contributed by atoms with Crippen LogP contribution in [0.15, 0.2) is 12.1 Å². The minimum absolute atomic E-state index is 0.185. The van der Waals surface area contributed by atoms with Gasteiger partial charge in [-0.1, -0.05) is 13.8 Å². The topological polar surface area (TPSA) is 55.8 Å². The molecule has 1 N–H and O–H groups in total. The summed E-state index contributed by atoms with van der Waals surface area (Å²) in [4.78, 5) is 11.0. The molecule has 4 nitrogen and oxygen atoms in total. The molecule has 0 saturated carbocycles. The summed E-state index contributed by atoms with van der Waals surface area (Å²) >= 11 is 0. The van der Waals surface area contributed by atoms with E-state index >= 15 is 0 Å². The van der Waals surface area contributed by atoms with E-state index in [-0.39, 0.29) is 17.7 Å². The molecule has 1 aliphatic rings. The van der Waals surface area contributed by atoms with Gasteiger partial charge in [0.2, 0.25) is 0 Å². The fraction of sp³-hybridized carbons (Fsp3) is 0.500. The number of carbonyl (C=O) groups is 1. The van der Waals surface area contributed by atoms with E-state index in [1.54, 1.807) is 13.8 Å². The van der Waals surface area contributed by atoms with Crippen molar-refractivity contribution < 1.29 is 28.2 Å². The highest BCUT2D eigenvalue weighted by molar-refractivity contribution is 5.70. The number of hydrogen-bond acceptors (Lipinski definition) is 3. The van der Waals surface area contributed by atoms with Crippen molar-refractivity contribution in [2.75, 3.05) is 13.2 Å². The number of benzene rings is 1. The van der Waals surface area contributed by atoms with Crippen molar-refractivity contribution in [2.24, 2.45) is 0 Å². The van der Waals surface area contributed by atoms with E-state index in [0.29, 0.717) is 24.5 Å². The summed E-state index contributed by atoms with van der Waals surface area (Å²) in [5, 5.41) is 8.97. The van der Waals surface area contributed by atoms with Gasteiger partial charge in [-0.25, -0.2) is 8.78 Å². The van der Waals surface area contributed by atoms with Gasteiger partial charge in [-0.05, 0) is 12.1 Å². The van der Waals surface area contributed by atoms with Crippen LogP contribution in [0, 0.1) is 0 Å². The van der Waals surface area contributed by atoms with E-state index < -0.39 is 17.8 Å². The molecule has 0 bridgehead atoms. The smallest absolute Gasteiger partial charge is 0.304 e. The molecule has 0 aliphatic carbocycles. The van der Waals surface area contributed by atoms with Gasteiger partial charge in [-0.2, -0.15) is 0 Å². The highest BCUT2D eigenvalue weighted by Crippen LogP contribution is 2.44. The molecule has 110 valence electrons. The molecule has 1 aliphatic heterocycles. The fourth-order valence-electron chi connectivity index (χ4n) is 2.28. The second-order valence-electron chi connectivity index (χ2n) is 5.35. The standard InChI is InChI=1S/C14H16F2O4/c1-14(2,7-11(17)18)9-5-8(13(15)16)6-10-12(9)20-4-3-19-10/h5-6,13H,3-4,7H2,1-2H3,(H,17,18). The molecule has 20 heavy (non-hydrogen) atoms. The molecule has 6 heteroatoms. The van der Waals surface area contributed by atoms with Crippen molar-refractivity contribution in [3.8, 4) is 11.5 Å². The summed E-state index contributed by atoms with van der Waals surface area (Å²) in [6.07, 6.45) is -2.83. The van der Waals surface area contributed by atoms with E-state index in [2.05, 4.69) is 0 Å². The Labute approximate surface area is 115 Å². The highest BCUT2D eigenvalue weighted by atomic mass is 19.3. The first-order chi connectivity index (χ1) is 9.31. The van der Waals surface area contributed by atoms with Gasteiger partial charge < -0.3 is 14.6 Å². The Balaban J connectivity index is 2.54. The van der Waals surface area contributed by atoms with E-state index in [9.17, 15) is 13.6 Å². The molecule has 1 heterocycles. The van der Waals surface area contributed by atoms with Crippen LogP contribution < -0.4 is 9.47 Å². The summed E-state index contributed by atoms with van der Waals surface area (Å²) in [6, 6.07) is 2.56. The summed E-state index contributed by atoms with van der Waals surface area (Å²) in [7, 11) is 0. The normalized spacial score (nSPS) is 14.4. The lowest BCUT2D eigenvalue weighted by molar-refractivity contribution is -0.138. The largest absolute Gasteiger partial charge is 0.486 e. The SMILES string of the molecule is CC(C)(CC(=O)O)c1cc(C(F)F)cc2c1OCCO2. The number of aliphatic carboxylic acids is 1. The van der Waals surface area contributed by atoms with E-state index in [0.717, 1.165) is 0 Å². The van der Waals surface area contributed by atoms with Crippen LogP contribution in [-0.4, -0.2) is 24.3 Å². The first kappa shape index (κ1) is 14.6. The van der Waals surface area contributed by atoms with E-state index in [1.807, 2.05) is 0 Å². The summed E-state index contributed by atoms with van der Waals surface area (Å²) in [6.45, 7) is 3.98. The third kappa shape index (κ3) is 2.84. The van der Waals surface area contributed by atoms with Crippen LogP contribution in [0.1, 0.15) is 37.8 Å². The van der Waals surface area contributed by atoms with Gasteiger partial charge in [0.15, 0.2) is 11.5 Å². The highest BCUT2D eigenvalue weighted by Gasteiger charge is 2.32. The fourth-order valence-corrected chi connectivity index (χ4v) is 2.28. The minimum Gasteiger partial charge on any atom is -0.486 e. The van der Waals surface area contributed by atoms with Crippen LogP contribution in [0.25, 0.3) is 0 Å². The van der Waals surface area contributed by atoms with E-state index in [4.69, 9.17) is 14.6 Å². The number of fused-ring (bicyclic) bond motifs is 1. The second-order valence-corrected chi connectivity index (χ2v) is 5.35. The zero-order chi connectivity index (χ0) is 14.9. The molecule has 0 saturated heterocycles. The molecule has 1 aromatic carbocycles. The molecule has 0 atom stereocenters. The van der Waals surface area contributed by atoms with Crippen molar-refractivity contribution in [3.05, 3.63) is 23.3 Å². The van der Waals surface area contributed by atoms with Gasteiger partial charge in [-0.3, -0.25) is 4.79 Å². The number of alkyl halides is 2.